The molecule has 0 amide bonds. The number of benzene rings is 1. The molecule has 1 aromatic carbocycles. The summed E-state index contributed by atoms with van der Waals surface area (Å²) < 4.78 is 10.4. The molecule has 0 aliphatic carbocycles. The Morgan fingerprint density at radius 3 is 2.74 bits per heavy atom. The zero-order valence-corrected chi connectivity index (χ0v) is 16.2. The van der Waals surface area contributed by atoms with Crippen LogP contribution in [0.1, 0.15) is 30.9 Å². The Labute approximate surface area is 167 Å². The van der Waals surface area contributed by atoms with Crippen molar-refractivity contribution in [2.75, 3.05) is 6.61 Å². The summed E-state index contributed by atoms with van der Waals surface area (Å²) in [6.45, 7) is 11.4. The number of carbonyl (C=O) groups excluding carboxylic acids is 1. The average Bonchev–Trinajstić information content (AvgIpc) is 3.15. The molecule has 0 bridgehead atoms. The third-order valence-electron chi connectivity index (χ3n) is 4.32. The van der Waals surface area contributed by atoms with Gasteiger partial charge in [-0.25, -0.2) is 16.4 Å². The fourth-order valence-corrected chi connectivity index (χ4v) is 3.67. The van der Waals surface area contributed by atoms with Gasteiger partial charge < -0.3 is 14.0 Å². The summed E-state index contributed by atoms with van der Waals surface area (Å²) in [7, 11) is 0. The van der Waals surface area contributed by atoms with Crippen LogP contribution in [0, 0.1) is 6.57 Å². The van der Waals surface area contributed by atoms with Gasteiger partial charge in [-0.1, -0.05) is 29.3 Å². The van der Waals surface area contributed by atoms with Gasteiger partial charge in [-0.2, -0.15) is 0 Å². The van der Waals surface area contributed by atoms with Crippen molar-refractivity contribution < 1.29 is 13.9 Å². The first kappa shape index (κ1) is 19.2. The van der Waals surface area contributed by atoms with Gasteiger partial charge in [0.05, 0.1) is 36.1 Å². The molecule has 5 nitrogen and oxygen atoms in total. The maximum absolute atomic E-state index is 12.9. The van der Waals surface area contributed by atoms with Crippen LogP contribution in [0.4, 0.5) is 0 Å². The van der Waals surface area contributed by atoms with E-state index in [2.05, 4.69) is 9.84 Å². The van der Waals surface area contributed by atoms with E-state index in [1.165, 1.54) is 12.5 Å². The Kier molecular flexibility index (Phi) is 5.69. The van der Waals surface area contributed by atoms with Crippen molar-refractivity contribution in [1.29, 1.82) is 0 Å². The molecular weight excluding hydrogens is 387 g/mol. The normalized spacial score (nSPS) is 19.4. The summed E-state index contributed by atoms with van der Waals surface area (Å²) >= 11 is 12.5. The van der Waals surface area contributed by atoms with Crippen molar-refractivity contribution in [3.8, 4) is 0 Å². The van der Waals surface area contributed by atoms with Crippen LogP contribution in [0.15, 0.2) is 51.8 Å². The van der Waals surface area contributed by atoms with Crippen LogP contribution in [0.3, 0.4) is 0 Å². The largest absolute Gasteiger partial charge is 0.472 e. The average molecular weight is 403 g/mol. The highest BCUT2D eigenvalue weighted by Crippen LogP contribution is 2.43. The quantitative estimate of drug-likeness (QED) is 0.507. The molecule has 2 aromatic rings. The van der Waals surface area contributed by atoms with Crippen molar-refractivity contribution in [1.82, 2.24) is 0 Å². The van der Waals surface area contributed by atoms with Gasteiger partial charge in [0.15, 0.2) is 0 Å². The molecule has 0 saturated carbocycles. The van der Waals surface area contributed by atoms with E-state index in [4.69, 9.17) is 38.9 Å². The molecule has 2 atom stereocenters. The van der Waals surface area contributed by atoms with Gasteiger partial charge in [-0.3, -0.25) is 0 Å². The minimum Gasteiger partial charge on any atom is -0.472 e. The lowest BCUT2D eigenvalue weighted by atomic mass is 9.79. The third-order valence-corrected chi connectivity index (χ3v) is 4.89. The van der Waals surface area contributed by atoms with E-state index < -0.39 is 17.9 Å². The van der Waals surface area contributed by atoms with Gasteiger partial charge in [-0.05, 0) is 37.6 Å². The second-order valence-electron chi connectivity index (χ2n) is 5.97. The number of ether oxygens (including phenoxy) is 1. The number of halogens is 2. The minimum absolute atomic E-state index is 0.202. The first-order valence-electron chi connectivity index (χ1n) is 8.28. The van der Waals surface area contributed by atoms with Crippen LogP contribution in [0.25, 0.3) is 10.5 Å². The molecule has 0 spiro atoms. The summed E-state index contributed by atoms with van der Waals surface area (Å²) in [5, 5.41) is 0.852. The lowest BCUT2D eigenvalue weighted by molar-refractivity contribution is -0.138. The number of carbonyl (C=O) groups is 1. The molecule has 138 valence electrons. The summed E-state index contributed by atoms with van der Waals surface area (Å²) in [5.41, 5.74) is 2.56. The van der Waals surface area contributed by atoms with Crippen LogP contribution in [-0.4, -0.2) is 24.3 Å². The zero-order valence-electron chi connectivity index (χ0n) is 14.7. The zero-order chi connectivity index (χ0) is 19.6. The lowest BCUT2D eigenvalue weighted by Gasteiger charge is -2.27. The Bertz CT molecular complexity index is 972. The van der Waals surface area contributed by atoms with Crippen molar-refractivity contribution in [2.24, 2.45) is 4.99 Å². The summed E-state index contributed by atoms with van der Waals surface area (Å²) in [6, 6.07) is 6.05. The topological polar surface area (TPSA) is 56.2 Å². The second-order valence-corrected chi connectivity index (χ2v) is 6.81. The maximum Gasteiger partial charge on any atom is 0.337 e. The summed E-state index contributed by atoms with van der Waals surface area (Å²) in [4.78, 5) is 21.1. The van der Waals surface area contributed by atoms with E-state index in [1.807, 2.05) is 0 Å². The SMILES string of the molecule is [C-]#[N+]C1C(C)=NC(c2ccoc2)=C(C(=O)OCC)C1c1ccc(Cl)cc1Cl. The molecule has 1 aliphatic rings. The number of nitrogens with zero attached hydrogens (tertiary/aromatic N) is 2. The lowest BCUT2D eigenvalue weighted by Crippen LogP contribution is -2.32. The predicted molar refractivity (Wildman–Crippen MR) is 105 cm³/mol. The Morgan fingerprint density at radius 2 is 2.15 bits per heavy atom. The highest BCUT2D eigenvalue weighted by Gasteiger charge is 2.44. The van der Waals surface area contributed by atoms with E-state index in [1.54, 1.807) is 38.1 Å². The smallest absolute Gasteiger partial charge is 0.337 e. The van der Waals surface area contributed by atoms with Crippen molar-refractivity contribution >= 4 is 40.6 Å². The fourth-order valence-electron chi connectivity index (χ4n) is 3.15. The van der Waals surface area contributed by atoms with Crippen LogP contribution in [0.5, 0.6) is 0 Å². The van der Waals surface area contributed by atoms with E-state index in [0.717, 1.165) is 0 Å². The van der Waals surface area contributed by atoms with Gasteiger partial charge >= 0.3 is 5.97 Å². The number of rotatable bonds is 4. The van der Waals surface area contributed by atoms with E-state index in [0.29, 0.717) is 32.6 Å². The highest BCUT2D eigenvalue weighted by atomic mass is 35.5. The number of aliphatic imine (C=N–C) groups is 1. The van der Waals surface area contributed by atoms with Gasteiger partial charge in [0.25, 0.3) is 6.04 Å². The molecule has 0 saturated heterocycles. The predicted octanol–water partition coefficient (Wildman–Crippen LogP) is 5.41. The van der Waals surface area contributed by atoms with Crippen LogP contribution in [0.2, 0.25) is 10.0 Å². The monoisotopic (exact) mass is 402 g/mol. The van der Waals surface area contributed by atoms with E-state index >= 15 is 0 Å². The first-order valence-corrected chi connectivity index (χ1v) is 9.04. The fraction of sp³-hybridized carbons (Fsp3) is 0.250. The molecule has 0 fully saturated rings. The number of furan rings is 1. The molecule has 1 aromatic heterocycles. The van der Waals surface area contributed by atoms with Crippen LogP contribution < -0.4 is 0 Å². The van der Waals surface area contributed by atoms with E-state index in [9.17, 15) is 4.79 Å². The number of hydrogen-bond donors (Lipinski definition) is 0. The van der Waals surface area contributed by atoms with Gasteiger partial charge in [0.2, 0.25) is 0 Å². The number of hydrogen-bond acceptors (Lipinski definition) is 4. The maximum atomic E-state index is 12.9. The number of esters is 1. The third kappa shape index (κ3) is 3.64. The summed E-state index contributed by atoms with van der Waals surface area (Å²) in [5.74, 6) is -1.16. The Hall–Kier alpha value is -2.55. The van der Waals surface area contributed by atoms with Crippen molar-refractivity contribution in [2.45, 2.75) is 25.8 Å². The summed E-state index contributed by atoms with van der Waals surface area (Å²) in [6.07, 6.45) is 3.01. The highest BCUT2D eigenvalue weighted by molar-refractivity contribution is 6.35. The van der Waals surface area contributed by atoms with Gasteiger partial charge in [-0.15, -0.1) is 0 Å². The molecule has 3 rings (SSSR count). The molecule has 2 unspecified atom stereocenters. The van der Waals surface area contributed by atoms with E-state index in [-0.39, 0.29) is 12.2 Å². The Balaban J connectivity index is 2.30. The van der Waals surface area contributed by atoms with Gasteiger partial charge in [0, 0.05) is 15.6 Å². The molecular formula is C20H16Cl2N2O3. The van der Waals surface area contributed by atoms with Crippen LogP contribution in [-0.2, 0) is 9.53 Å². The molecule has 2 heterocycles. The molecule has 0 radical (unpaired) electrons. The Morgan fingerprint density at radius 1 is 1.37 bits per heavy atom. The molecule has 0 N–H and O–H groups in total. The minimum atomic E-state index is -0.682. The molecule has 27 heavy (non-hydrogen) atoms. The first-order chi connectivity index (χ1) is 13.0. The standard InChI is InChI=1S/C20H16Cl2N2O3/c1-4-27-20(25)17-16(14-6-5-13(21)9-15(14)22)18(23-3)11(2)24-19(17)12-7-8-26-10-12/h5-10,16,18H,4H2,1-2H3. The van der Waals surface area contributed by atoms with Gasteiger partial charge in [0.1, 0.15) is 5.92 Å². The van der Waals surface area contributed by atoms with Crippen LogP contribution >= 0.6 is 23.2 Å². The molecule has 1 aliphatic heterocycles. The van der Waals surface area contributed by atoms with Crippen molar-refractivity contribution in [3.63, 3.8) is 0 Å². The molecule has 7 heteroatoms. The van der Waals surface area contributed by atoms with Crippen molar-refractivity contribution in [3.05, 3.63) is 75.0 Å². The second kappa shape index (κ2) is 7.99.